The Bertz CT molecular complexity index is 487. The maximum atomic E-state index is 13.7. The van der Waals surface area contributed by atoms with Gasteiger partial charge in [0, 0.05) is 51.4 Å². The average Bonchev–Trinajstić information content (AvgIpc) is 2.66. The van der Waals surface area contributed by atoms with E-state index in [2.05, 4.69) is 22.2 Å². The third-order valence-electron chi connectivity index (χ3n) is 5.07. The van der Waals surface area contributed by atoms with E-state index in [1.54, 1.807) is 11.8 Å². The van der Waals surface area contributed by atoms with Crippen LogP contribution in [0, 0.1) is 5.41 Å². The van der Waals surface area contributed by atoms with Crippen LogP contribution >= 0.6 is 11.6 Å². The first-order chi connectivity index (χ1) is 13.3. The summed E-state index contributed by atoms with van der Waals surface area (Å²) in [7, 11) is 0. The number of alkyl halides is 3. The van der Waals surface area contributed by atoms with Gasteiger partial charge in [-0.1, -0.05) is 13.5 Å². The van der Waals surface area contributed by atoms with E-state index in [-0.39, 0.29) is 6.54 Å². The van der Waals surface area contributed by atoms with Crippen molar-refractivity contribution in [2.24, 2.45) is 10.4 Å². The second-order valence-electron chi connectivity index (χ2n) is 7.38. The fourth-order valence-electron chi connectivity index (χ4n) is 3.39. The molecule has 0 aromatic rings. The molecular weight excluding hydrogens is 390 g/mol. The molecule has 3 N–H and O–H groups in total. The molecule has 1 aliphatic carbocycles. The van der Waals surface area contributed by atoms with Crippen molar-refractivity contribution < 1.29 is 18.6 Å². The largest absolute Gasteiger partial charge is 0.480 e. The van der Waals surface area contributed by atoms with Crippen molar-refractivity contribution in [3.8, 4) is 0 Å². The number of hydrogen-bond donors (Lipinski definition) is 3. The van der Waals surface area contributed by atoms with E-state index < -0.39 is 29.9 Å². The summed E-state index contributed by atoms with van der Waals surface area (Å²) in [5.41, 5.74) is -0.537. The summed E-state index contributed by atoms with van der Waals surface area (Å²) in [5, 5.41) is 16.6. The molecular formula is C19H35ClF2N4O2. The smallest absolute Gasteiger partial charge is 0.184 e. The van der Waals surface area contributed by atoms with Crippen LogP contribution in [0.1, 0.15) is 33.1 Å². The van der Waals surface area contributed by atoms with Gasteiger partial charge in [-0.15, -0.1) is 11.6 Å². The minimum absolute atomic E-state index is 0.133. The maximum absolute atomic E-state index is 13.7. The van der Waals surface area contributed by atoms with Crippen molar-refractivity contribution in [3.05, 3.63) is 12.8 Å². The Balaban J connectivity index is 2.30. The number of rotatable bonds is 13. The third-order valence-corrected chi connectivity index (χ3v) is 5.50. The van der Waals surface area contributed by atoms with E-state index in [0.29, 0.717) is 58.1 Å². The van der Waals surface area contributed by atoms with Crippen molar-refractivity contribution in [2.75, 3.05) is 46.1 Å². The lowest BCUT2D eigenvalue weighted by Crippen LogP contribution is -2.52. The zero-order valence-corrected chi connectivity index (χ0v) is 17.7. The Kier molecular flexibility index (Phi) is 12.1. The van der Waals surface area contributed by atoms with Crippen LogP contribution in [-0.2, 0) is 4.74 Å². The topological polar surface area (TPSA) is 69.1 Å². The number of aliphatic hydroxyl groups excluding tert-OH is 1. The van der Waals surface area contributed by atoms with Crippen molar-refractivity contribution in [1.29, 1.82) is 0 Å². The molecule has 0 aromatic heterocycles. The molecule has 0 saturated heterocycles. The first-order valence-corrected chi connectivity index (χ1v) is 10.2. The minimum atomic E-state index is -1.04. The maximum Gasteiger partial charge on any atom is 0.184 e. The molecule has 4 atom stereocenters. The molecule has 4 unspecified atom stereocenters. The second kappa shape index (κ2) is 13.4. The van der Waals surface area contributed by atoms with Crippen molar-refractivity contribution in [2.45, 2.75) is 50.9 Å². The van der Waals surface area contributed by atoms with Gasteiger partial charge in [0.05, 0.1) is 5.38 Å². The Morgan fingerprint density at radius 1 is 1.46 bits per heavy atom. The van der Waals surface area contributed by atoms with Gasteiger partial charge >= 0.3 is 0 Å². The van der Waals surface area contributed by atoms with E-state index in [4.69, 9.17) is 16.3 Å². The Morgan fingerprint density at radius 3 is 2.82 bits per heavy atom. The number of hydrogen-bond acceptors (Lipinski definition) is 6. The van der Waals surface area contributed by atoms with Crippen LogP contribution in [0.4, 0.5) is 8.78 Å². The van der Waals surface area contributed by atoms with Crippen LogP contribution in [0.25, 0.3) is 0 Å². The molecule has 1 fully saturated rings. The highest BCUT2D eigenvalue weighted by molar-refractivity contribution is 6.21. The van der Waals surface area contributed by atoms with Gasteiger partial charge in [-0.05, 0) is 19.3 Å². The molecule has 1 rings (SSSR count). The summed E-state index contributed by atoms with van der Waals surface area (Å²) in [6.45, 7) is 9.50. The quantitative estimate of drug-likeness (QED) is 0.139. The standard InChI is InChI=1S/C19H35ClF2N4O2/c1-4-25-15(2)28-12-9-24-14-23-8-11-26(10-7-21)18(27)19(3)6-5-17(22)16(20)13-19/h4,16-18,23-24,27H,1,5-14H2,2-3H3/b25-15+. The Hall–Kier alpha value is -0.800. The van der Waals surface area contributed by atoms with Gasteiger partial charge in [0.25, 0.3) is 0 Å². The predicted octanol–water partition coefficient (Wildman–Crippen LogP) is 2.43. The molecule has 28 heavy (non-hydrogen) atoms. The fourth-order valence-corrected chi connectivity index (χ4v) is 3.87. The van der Waals surface area contributed by atoms with Crippen molar-refractivity contribution in [3.63, 3.8) is 0 Å². The van der Waals surface area contributed by atoms with Crippen LogP contribution in [0.15, 0.2) is 17.8 Å². The molecule has 1 saturated carbocycles. The lowest BCUT2D eigenvalue weighted by molar-refractivity contribution is -0.106. The molecule has 6 nitrogen and oxygen atoms in total. The summed E-state index contributed by atoms with van der Waals surface area (Å²) < 4.78 is 32.0. The molecule has 9 heteroatoms. The van der Waals surface area contributed by atoms with Crippen molar-refractivity contribution >= 4 is 17.5 Å². The number of aliphatic imine (C=N–C) groups is 1. The van der Waals surface area contributed by atoms with Crippen molar-refractivity contribution in [1.82, 2.24) is 15.5 Å². The molecule has 0 radical (unpaired) electrons. The number of ether oxygens (including phenoxy) is 1. The lowest BCUT2D eigenvalue weighted by Gasteiger charge is -2.45. The Morgan fingerprint density at radius 2 is 2.18 bits per heavy atom. The van der Waals surface area contributed by atoms with Gasteiger partial charge in [0.1, 0.15) is 25.7 Å². The number of nitrogens with one attached hydrogen (secondary N) is 2. The summed E-state index contributed by atoms with van der Waals surface area (Å²) >= 11 is 6.08. The third kappa shape index (κ3) is 8.69. The SMILES string of the molecule is C=C/N=C(\C)OCCNCNCCN(CCF)C(O)C1(C)CCC(F)C(Cl)C1. The number of aliphatic hydroxyl groups is 1. The Labute approximate surface area is 172 Å². The van der Waals surface area contributed by atoms with E-state index in [1.807, 2.05) is 6.92 Å². The summed E-state index contributed by atoms with van der Waals surface area (Å²) in [6.07, 6.45) is 0.770. The zero-order valence-electron chi connectivity index (χ0n) is 17.0. The first-order valence-electron chi connectivity index (χ1n) is 9.80. The monoisotopic (exact) mass is 424 g/mol. The highest BCUT2D eigenvalue weighted by Crippen LogP contribution is 2.42. The van der Waals surface area contributed by atoms with Crippen LogP contribution in [0.2, 0.25) is 0 Å². The summed E-state index contributed by atoms with van der Waals surface area (Å²) in [4.78, 5) is 5.61. The highest BCUT2D eigenvalue weighted by Gasteiger charge is 2.43. The normalized spacial score (nSPS) is 27.0. The van der Waals surface area contributed by atoms with Crippen LogP contribution < -0.4 is 10.6 Å². The molecule has 1 aliphatic rings. The van der Waals surface area contributed by atoms with Gasteiger partial charge in [-0.2, -0.15) is 0 Å². The second-order valence-corrected chi connectivity index (χ2v) is 7.94. The molecule has 0 amide bonds. The molecule has 0 aliphatic heterocycles. The highest BCUT2D eigenvalue weighted by atomic mass is 35.5. The van der Waals surface area contributed by atoms with E-state index in [9.17, 15) is 13.9 Å². The molecule has 0 bridgehead atoms. The molecule has 164 valence electrons. The van der Waals surface area contributed by atoms with Gasteiger partial charge in [-0.3, -0.25) is 4.90 Å². The summed E-state index contributed by atoms with van der Waals surface area (Å²) in [6, 6.07) is 0. The lowest BCUT2D eigenvalue weighted by atomic mass is 9.73. The van der Waals surface area contributed by atoms with Crippen LogP contribution in [0.3, 0.4) is 0 Å². The van der Waals surface area contributed by atoms with Gasteiger partial charge < -0.3 is 20.5 Å². The predicted molar refractivity (Wildman–Crippen MR) is 110 cm³/mol. The minimum Gasteiger partial charge on any atom is -0.480 e. The van der Waals surface area contributed by atoms with Crippen LogP contribution in [-0.4, -0.2) is 79.8 Å². The van der Waals surface area contributed by atoms with E-state index in [1.165, 1.54) is 6.20 Å². The fraction of sp³-hybridized carbons (Fsp3) is 0.842. The molecule has 0 heterocycles. The average molecular weight is 425 g/mol. The van der Waals surface area contributed by atoms with E-state index >= 15 is 0 Å². The number of halogens is 3. The van der Waals surface area contributed by atoms with Gasteiger partial charge in [-0.25, -0.2) is 13.8 Å². The summed E-state index contributed by atoms with van der Waals surface area (Å²) in [5.74, 6) is 0.565. The molecule has 0 aromatic carbocycles. The van der Waals surface area contributed by atoms with E-state index in [0.717, 1.165) is 0 Å². The zero-order chi connectivity index (χ0) is 21.0. The van der Waals surface area contributed by atoms with Gasteiger partial charge in [0.15, 0.2) is 5.90 Å². The van der Waals surface area contributed by atoms with Crippen LogP contribution in [0.5, 0.6) is 0 Å². The number of nitrogens with zero attached hydrogens (tertiary/aromatic N) is 2. The first kappa shape index (κ1) is 25.2. The molecule has 0 spiro atoms. The van der Waals surface area contributed by atoms with Gasteiger partial charge in [0.2, 0.25) is 0 Å².